The van der Waals surface area contributed by atoms with Crippen LogP contribution in [0.2, 0.25) is 0 Å². The maximum Gasteiger partial charge on any atom is 0.170 e. The van der Waals surface area contributed by atoms with Gasteiger partial charge in [0.15, 0.2) is 5.78 Å². The van der Waals surface area contributed by atoms with E-state index < -0.39 is 0 Å². The van der Waals surface area contributed by atoms with Crippen molar-refractivity contribution in [2.45, 2.75) is 6.42 Å². The van der Waals surface area contributed by atoms with Gasteiger partial charge >= 0.3 is 0 Å². The van der Waals surface area contributed by atoms with Crippen LogP contribution in [0.5, 0.6) is 0 Å². The highest BCUT2D eigenvalue weighted by atomic mass is 16.5. The minimum absolute atomic E-state index is 0.151. The fourth-order valence-corrected chi connectivity index (χ4v) is 1.21. The van der Waals surface area contributed by atoms with Crippen LogP contribution in [-0.4, -0.2) is 12.4 Å². The Kier molecular flexibility index (Phi) is 1.39. The molecule has 0 saturated carbocycles. The summed E-state index contributed by atoms with van der Waals surface area (Å²) < 4.78 is 5.24. The molecule has 2 rings (SSSR count). The second kappa shape index (κ2) is 2.38. The third-order valence-electron chi connectivity index (χ3n) is 1.76. The number of Topliss-reactive ketones (excluding diaryl/α,β-unsaturated/α-hetero) is 1. The van der Waals surface area contributed by atoms with Gasteiger partial charge in [0.2, 0.25) is 0 Å². The maximum absolute atomic E-state index is 11.2. The third-order valence-corrected chi connectivity index (χ3v) is 1.76. The fourth-order valence-electron chi connectivity index (χ4n) is 1.21. The summed E-state index contributed by atoms with van der Waals surface area (Å²) in [6, 6.07) is 0. The van der Waals surface area contributed by atoms with Crippen molar-refractivity contribution in [3.05, 3.63) is 35.6 Å². The molecule has 0 radical (unpaired) electrons. The molecule has 1 heterocycles. The summed E-state index contributed by atoms with van der Waals surface area (Å²) in [4.78, 5) is 11.2. The molecule has 0 aromatic rings. The van der Waals surface area contributed by atoms with Gasteiger partial charge in [0, 0.05) is 6.42 Å². The SMILES string of the molecule is O=C1CC=CC2=C1C=CCO2. The predicted molar refractivity (Wildman–Crippen MR) is 40.9 cm³/mol. The van der Waals surface area contributed by atoms with E-state index in [1.165, 1.54) is 0 Å². The summed E-state index contributed by atoms with van der Waals surface area (Å²) in [5.41, 5.74) is 0.721. The first kappa shape index (κ1) is 6.40. The first-order chi connectivity index (χ1) is 5.38. The largest absolute Gasteiger partial charge is 0.489 e. The molecule has 0 spiro atoms. The minimum atomic E-state index is 0.151. The molecule has 1 aliphatic heterocycles. The van der Waals surface area contributed by atoms with Crippen molar-refractivity contribution in [2.24, 2.45) is 0 Å². The standard InChI is InChI=1S/C9H8O2/c10-8-4-1-5-9-7(8)3-2-6-11-9/h1-3,5H,4,6H2. The highest BCUT2D eigenvalue weighted by Crippen LogP contribution is 2.20. The Balaban J connectivity index is 2.43. The van der Waals surface area contributed by atoms with Crippen molar-refractivity contribution in [3.63, 3.8) is 0 Å². The maximum atomic E-state index is 11.2. The van der Waals surface area contributed by atoms with Crippen molar-refractivity contribution in [1.82, 2.24) is 0 Å². The van der Waals surface area contributed by atoms with E-state index in [2.05, 4.69) is 0 Å². The molecule has 0 fully saturated rings. The Morgan fingerprint density at radius 3 is 3.00 bits per heavy atom. The van der Waals surface area contributed by atoms with Gasteiger partial charge in [-0.2, -0.15) is 0 Å². The van der Waals surface area contributed by atoms with Gasteiger partial charge in [-0.3, -0.25) is 4.79 Å². The lowest BCUT2D eigenvalue weighted by Gasteiger charge is -2.15. The molecule has 0 atom stereocenters. The van der Waals surface area contributed by atoms with Crippen LogP contribution in [0.3, 0.4) is 0 Å². The monoisotopic (exact) mass is 148 g/mol. The molecular weight excluding hydrogens is 140 g/mol. The van der Waals surface area contributed by atoms with Gasteiger partial charge in [0.1, 0.15) is 12.4 Å². The van der Waals surface area contributed by atoms with Crippen LogP contribution in [0.1, 0.15) is 6.42 Å². The molecule has 1 aliphatic carbocycles. The molecule has 0 amide bonds. The molecular formula is C9H8O2. The molecule has 0 aromatic heterocycles. The van der Waals surface area contributed by atoms with Gasteiger partial charge < -0.3 is 4.74 Å². The van der Waals surface area contributed by atoms with E-state index in [0.29, 0.717) is 13.0 Å². The number of rotatable bonds is 0. The highest BCUT2D eigenvalue weighted by molar-refractivity contribution is 6.01. The van der Waals surface area contributed by atoms with E-state index in [1.807, 2.05) is 24.3 Å². The summed E-state index contributed by atoms with van der Waals surface area (Å²) in [6.07, 6.45) is 7.90. The molecule has 0 aromatic carbocycles. The number of ketones is 1. The Labute approximate surface area is 64.9 Å². The van der Waals surface area contributed by atoms with Gasteiger partial charge in [-0.05, 0) is 18.2 Å². The minimum Gasteiger partial charge on any atom is -0.489 e. The number of allylic oxidation sites excluding steroid dienone is 4. The van der Waals surface area contributed by atoms with E-state index in [1.54, 1.807) is 0 Å². The first-order valence-corrected chi connectivity index (χ1v) is 3.61. The van der Waals surface area contributed by atoms with Gasteiger partial charge in [0.05, 0.1) is 5.57 Å². The van der Waals surface area contributed by atoms with Crippen molar-refractivity contribution < 1.29 is 9.53 Å². The van der Waals surface area contributed by atoms with E-state index >= 15 is 0 Å². The lowest BCUT2D eigenvalue weighted by molar-refractivity contribution is -0.114. The summed E-state index contributed by atoms with van der Waals surface area (Å²) in [7, 11) is 0. The number of ether oxygens (including phenoxy) is 1. The Morgan fingerprint density at radius 1 is 1.27 bits per heavy atom. The third kappa shape index (κ3) is 1.00. The van der Waals surface area contributed by atoms with Crippen LogP contribution in [0, 0.1) is 0 Å². The average Bonchev–Trinajstić information content (AvgIpc) is 2.06. The molecule has 2 heteroatoms. The van der Waals surface area contributed by atoms with Crippen molar-refractivity contribution in [3.8, 4) is 0 Å². The topological polar surface area (TPSA) is 26.3 Å². The summed E-state index contributed by atoms with van der Waals surface area (Å²) in [5, 5.41) is 0. The van der Waals surface area contributed by atoms with Crippen molar-refractivity contribution in [2.75, 3.05) is 6.61 Å². The van der Waals surface area contributed by atoms with Gasteiger partial charge in [-0.1, -0.05) is 6.08 Å². The average molecular weight is 148 g/mol. The molecule has 0 unspecified atom stereocenters. The quantitative estimate of drug-likeness (QED) is 0.518. The Hall–Kier alpha value is -1.31. The molecule has 0 saturated heterocycles. The number of carbonyl (C=O) groups excluding carboxylic acids is 1. The smallest absolute Gasteiger partial charge is 0.170 e. The lowest BCUT2D eigenvalue weighted by atomic mass is 10.0. The molecule has 0 bridgehead atoms. The first-order valence-electron chi connectivity index (χ1n) is 3.61. The normalized spacial score (nSPS) is 21.6. The van der Waals surface area contributed by atoms with Gasteiger partial charge in [-0.15, -0.1) is 0 Å². The zero-order valence-corrected chi connectivity index (χ0v) is 6.04. The summed E-state index contributed by atoms with van der Waals surface area (Å²) in [6.45, 7) is 0.580. The van der Waals surface area contributed by atoms with Crippen molar-refractivity contribution >= 4 is 5.78 Å². The molecule has 56 valence electrons. The van der Waals surface area contributed by atoms with Crippen LogP contribution in [0.25, 0.3) is 0 Å². The van der Waals surface area contributed by atoms with E-state index in [4.69, 9.17) is 4.74 Å². The second-order valence-corrected chi connectivity index (χ2v) is 2.52. The van der Waals surface area contributed by atoms with Gasteiger partial charge in [-0.25, -0.2) is 0 Å². The number of carbonyl (C=O) groups is 1. The zero-order valence-electron chi connectivity index (χ0n) is 6.04. The van der Waals surface area contributed by atoms with E-state index in [-0.39, 0.29) is 5.78 Å². The van der Waals surface area contributed by atoms with Gasteiger partial charge in [0.25, 0.3) is 0 Å². The summed E-state index contributed by atoms with van der Waals surface area (Å²) in [5.74, 6) is 0.877. The van der Waals surface area contributed by atoms with Crippen LogP contribution in [0.4, 0.5) is 0 Å². The Morgan fingerprint density at radius 2 is 2.18 bits per heavy atom. The lowest BCUT2D eigenvalue weighted by Crippen LogP contribution is -2.11. The predicted octanol–water partition coefficient (Wildman–Crippen LogP) is 1.36. The Bertz CT molecular complexity index is 282. The van der Waals surface area contributed by atoms with Crippen LogP contribution in [0.15, 0.2) is 35.6 Å². The molecule has 0 N–H and O–H groups in total. The molecule has 2 aliphatic rings. The molecule has 2 nitrogen and oxygen atoms in total. The molecule has 11 heavy (non-hydrogen) atoms. The number of hydrogen-bond donors (Lipinski definition) is 0. The number of hydrogen-bond acceptors (Lipinski definition) is 2. The van der Waals surface area contributed by atoms with E-state index in [0.717, 1.165) is 11.3 Å². The van der Waals surface area contributed by atoms with E-state index in [9.17, 15) is 4.79 Å². The highest BCUT2D eigenvalue weighted by Gasteiger charge is 2.16. The van der Waals surface area contributed by atoms with Crippen LogP contribution < -0.4 is 0 Å². The zero-order chi connectivity index (χ0) is 7.68. The second-order valence-electron chi connectivity index (χ2n) is 2.52. The van der Waals surface area contributed by atoms with Crippen molar-refractivity contribution in [1.29, 1.82) is 0 Å². The summed E-state index contributed by atoms with van der Waals surface area (Å²) >= 11 is 0. The van der Waals surface area contributed by atoms with Crippen LogP contribution >= 0.6 is 0 Å². The van der Waals surface area contributed by atoms with Crippen LogP contribution in [-0.2, 0) is 9.53 Å². The fraction of sp³-hybridized carbons (Fsp3) is 0.222.